The topological polar surface area (TPSA) is 24.5 Å². The van der Waals surface area contributed by atoms with E-state index in [-0.39, 0.29) is 0 Å². The Hall–Kier alpha value is -0.120. The largest absolute Gasteiger partial charge is 0.381 e. The van der Waals surface area contributed by atoms with Crippen LogP contribution in [0.5, 0.6) is 0 Å². The van der Waals surface area contributed by atoms with Gasteiger partial charge in [-0.25, -0.2) is 0 Å². The summed E-state index contributed by atoms with van der Waals surface area (Å²) in [5, 5.41) is 3.76. The van der Waals surface area contributed by atoms with Crippen molar-refractivity contribution < 1.29 is 4.74 Å². The van der Waals surface area contributed by atoms with Gasteiger partial charge in [-0.1, -0.05) is 0 Å². The van der Waals surface area contributed by atoms with E-state index in [0.717, 1.165) is 19.3 Å². The van der Waals surface area contributed by atoms with Gasteiger partial charge in [-0.2, -0.15) is 0 Å². The van der Waals surface area contributed by atoms with Crippen LogP contribution in [0.1, 0.15) is 38.5 Å². The van der Waals surface area contributed by atoms with Gasteiger partial charge in [0.05, 0.1) is 0 Å². The van der Waals surface area contributed by atoms with E-state index in [2.05, 4.69) is 10.2 Å². The minimum Gasteiger partial charge on any atom is -0.381 e. The fourth-order valence-electron chi connectivity index (χ4n) is 3.26. The van der Waals surface area contributed by atoms with Crippen molar-refractivity contribution in [3.8, 4) is 0 Å². The van der Waals surface area contributed by atoms with Crippen molar-refractivity contribution in [2.75, 3.05) is 39.4 Å². The average molecular weight is 238 g/mol. The molecule has 0 unspecified atom stereocenters. The molecular formula is C14H26N2O. The van der Waals surface area contributed by atoms with Gasteiger partial charge >= 0.3 is 0 Å². The lowest BCUT2D eigenvalue weighted by Gasteiger charge is -2.40. The summed E-state index contributed by atoms with van der Waals surface area (Å²) in [7, 11) is 0. The molecule has 0 radical (unpaired) electrons. The first-order valence-electron chi connectivity index (χ1n) is 7.40. The molecule has 0 aromatic carbocycles. The Labute approximate surface area is 105 Å². The van der Waals surface area contributed by atoms with Crippen LogP contribution in [0.25, 0.3) is 0 Å². The third kappa shape index (κ3) is 3.21. The minimum atomic E-state index is 0.505. The number of ether oxygens (including phenoxy) is 1. The second-order valence-electron chi connectivity index (χ2n) is 6.25. The number of nitrogens with zero attached hydrogens (tertiary/aromatic N) is 1. The Balaban J connectivity index is 1.56. The van der Waals surface area contributed by atoms with E-state index in [9.17, 15) is 0 Å². The molecule has 1 saturated carbocycles. The van der Waals surface area contributed by atoms with E-state index >= 15 is 0 Å². The number of hydrogen-bond donors (Lipinski definition) is 1. The van der Waals surface area contributed by atoms with Crippen LogP contribution in [0.2, 0.25) is 0 Å². The predicted molar refractivity (Wildman–Crippen MR) is 69.2 cm³/mol. The molecule has 3 fully saturated rings. The Morgan fingerprint density at radius 1 is 1.12 bits per heavy atom. The standard InChI is InChI=1S/C14H26N2O/c1-2-8-16(7-1)12-14(5-9-17-10-6-14)11-15-13-3-4-13/h13,15H,1-12H2. The van der Waals surface area contributed by atoms with Gasteiger partial charge in [0.2, 0.25) is 0 Å². The first-order chi connectivity index (χ1) is 8.36. The predicted octanol–water partition coefficient (Wildman–Crippen LogP) is 1.63. The zero-order valence-corrected chi connectivity index (χ0v) is 10.9. The molecule has 98 valence electrons. The Morgan fingerprint density at radius 2 is 1.82 bits per heavy atom. The molecule has 3 nitrogen and oxygen atoms in total. The van der Waals surface area contributed by atoms with E-state index in [1.165, 1.54) is 64.7 Å². The van der Waals surface area contributed by atoms with Crippen LogP contribution in [0.3, 0.4) is 0 Å². The zero-order chi connectivity index (χ0) is 11.6. The van der Waals surface area contributed by atoms with Crippen molar-refractivity contribution in [2.45, 2.75) is 44.6 Å². The van der Waals surface area contributed by atoms with E-state index in [1.54, 1.807) is 0 Å². The van der Waals surface area contributed by atoms with Gasteiger partial charge in [-0.15, -0.1) is 0 Å². The van der Waals surface area contributed by atoms with E-state index in [1.807, 2.05) is 0 Å². The highest BCUT2D eigenvalue weighted by Gasteiger charge is 2.36. The summed E-state index contributed by atoms with van der Waals surface area (Å²) in [5.74, 6) is 0. The molecule has 0 aromatic rings. The van der Waals surface area contributed by atoms with Crippen LogP contribution in [-0.2, 0) is 4.74 Å². The number of nitrogens with one attached hydrogen (secondary N) is 1. The molecule has 2 saturated heterocycles. The van der Waals surface area contributed by atoms with Gasteiger partial charge in [-0.05, 0) is 57.0 Å². The molecule has 2 aliphatic heterocycles. The monoisotopic (exact) mass is 238 g/mol. The summed E-state index contributed by atoms with van der Waals surface area (Å²) >= 11 is 0. The molecular weight excluding hydrogens is 212 g/mol. The lowest BCUT2D eigenvalue weighted by atomic mass is 9.79. The van der Waals surface area contributed by atoms with Crippen molar-refractivity contribution in [3.63, 3.8) is 0 Å². The number of rotatable bonds is 5. The van der Waals surface area contributed by atoms with Crippen LogP contribution in [0.15, 0.2) is 0 Å². The van der Waals surface area contributed by atoms with Gasteiger partial charge in [0.1, 0.15) is 0 Å². The van der Waals surface area contributed by atoms with Crippen LogP contribution in [0.4, 0.5) is 0 Å². The molecule has 17 heavy (non-hydrogen) atoms. The van der Waals surface area contributed by atoms with Crippen LogP contribution < -0.4 is 5.32 Å². The summed E-state index contributed by atoms with van der Waals surface area (Å²) < 4.78 is 5.57. The highest BCUT2D eigenvalue weighted by Crippen LogP contribution is 2.33. The maximum absolute atomic E-state index is 5.57. The van der Waals surface area contributed by atoms with E-state index < -0.39 is 0 Å². The molecule has 3 aliphatic rings. The normalized spacial score (nSPS) is 29.6. The van der Waals surface area contributed by atoms with Gasteiger partial charge in [-0.3, -0.25) is 0 Å². The minimum absolute atomic E-state index is 0.505. The molecule has 1 N–H and O–H groups in total. The molecule has 3 rings (SSSR count). The Morgan fingerprint density at radius 3 is 2.47 bits per heavy atom. The first-order valence-corrected chi connectivity index (χ1v) is 7.40. The molecule has 0 aromatic heterocycles. The third-order valence-electron chi connectivity index (χ3n) is 4.65. The fourth-order valence-corrected chi connectivity index (χ4v) is 3.26. The third-order valence-corrected chi connectivity index (χ3v) is 4.65. The van der Waals surface area contributed by atoms with Crippen LogP contribution in [0, 0.1) is 5.41 Å². The lowest BCUT2D eigenvalue weighted by molar-refractivity contribution is -0.00113. The smallest absolute Gasteiger partial charge is 0.0472 e. The quantitative estimate of drug-likeness (QED) is 0.788. The SMILES string of the molecule is C1CCN(CC2(CNC3CC3)CCOCC2)C1. The highest BCUT2D eigenvalue weighted by atomic mass is 16.5. The summed E-state index contributed by atoms with van der Waals surface area (Å²) in [6, 6.07) is 0.841. The zero-order valence-electron chi connectivity index (χ0n) is 10.9. The maximum Gasteiger partial charge on any atom is 0.0472 e. The highest BCUT2D eigenvalue weighted by molar-refractivity contribution is 4.91. The molecule has 3 heteroatoms. The fraction of sp³-hybridized carbons (Fsp3) is 1.00. The average Bonchev–Trinajstić information content (AvgIpc) is 3.06. The molecule has 1 aliphatic carbocycles. The van der Waals surface area contributed by atoms with Crippen molar-refractivity contribution in [3.05, 3.63) is 0 Å². The summed E-state index contributed by atoms with van der Waals surface area (Å²) in [4.78, 5) is 2.68. The molecule has 0 atom stereocenters. The van der Waals surface area contributed by atoms with Gasteiger partial charge in [0.25, 0.3) is 0 Å². The van der Waals surface area contributed by atoms with Gasteiger partial charge in [0, 0.05) is 32.3 Å². The molecule has 0 bridgehead atoms. The first kappa shape index (κ1) is 11.9. The second-order valence-corrected chi connectivity index (χ2v) is 6.25. The van der Waals surface area contributed by atoms with E-state index in [4.69, 9.17) is 4.74 Å². The molecule has 0 amide bonds. The Bertz CT molecular complexity index is 241. The van der Waals surface area contributed by atoms with Crippen LogP contribution in [-0.4, -0.2) is 50.3 Å². The Kier molecular flexibility index (Phi) is 3.69. The van der Waals surface area contributed by atoms with Crippen molar-refractivity contribution in [1.29, 1.82) is 0 Å². The van der Waals surface area contributed by atoms with Crippen molar-refractivity contribution in [2.24, 2.45) is 5.41 Å². The molecule has 2 heterocycles. The van der Waals surface area contributed by atoms with Crippen molar-refractivity contribution in [1.82, 2.24) is 10.2 Å². The number of hydrogen-bond acceptors (Lipinski definition) is 3. The van der Waals surface area contributed by atoms with Crippen LogP contribution >= 0.6 is 0 Å². The summed E-state index contributed by atoms with van der Waals surface area (Å²) in [5.41, 5.74) is 0.505. The van der Waals surface area contributed by atoms with Crippen molar-refractivity contribution >= 4 is 0 Å². The summed E-state index contributed by atoms with van der Waals surface area (Å²) in [6.45, 7) is 7.12. The molecule has 0 spiro atoms. The second kappa shape index (κ2) is 5.25. The maximum atomic E-state index is 5.57. The number of likely N-dealkylation sites (tertiary alicyclic amines) is 1. The van der Waals surface area contributed by atoms with E-state index in [0.29, 0.717) is 5.41 Å². The van der Waals surface area contributed by atoms with Gasteiger partial charge < -0.3 is 15.0 Å². The summed E-state index contributed by atoms with van der Waals surface area (Å²) in [6.07, 6.45) is 8.12. The lowest BCUT2D eigenvalue weighted by Crippen LogP contribution is -2.47. The van der Waals surface area contributed by atoms with Gasteiger partial charge in [0.15, 0.2) is 0 Å².